The molecular weight excluding hydrogens is 296 g/mol. The van der Waals surface area contributed by atoms with Crippen molar-refractivity contribution in [2.75, 3.05) is 19.6 Å². The van der Waals surface area contributed by atoms with E-state index in [2.05, 4.69) is 17.1 Å². The average molecular weight is 321 g/mol. The maximum atomic E-state index is 12.6. The Morgan fingerprint density at radius 1 is 1.32 bits per heavy atom. The largest absolute Gasteiger partial charge is 0.354 e. The molecule has 0 unspecified atom stereocenters. The highest BCUT2D eigenvalue weighted by Gasteiger charge is 2.51. The molecule has 1 aliphatic heterocycles. The van der Waals surface area contributed by atoms with Crippen molar-refractivity contribution < 1.29 is 4.79 Å². The van der Waals surface area contributed by atoms with Gasteiger partial charge in [0.05, 0.1) is 5.41 Å². The van der Waals surface area contributed by atoms with Crippen molar-refractivity contribution in [2.45, 2.75) is 50.5 Å². The molecule has 2 aliphatic rings. The number of amides is 1. The van der Waals surface area contributed by atoms with Crippen molar-refractivity contribution in [3.63, 3.8) is 0 Å². The Balaban J connectivity index is 1.52. The van der Waals surface area contributed by atoms with Crippen LogP contribution in [0.15, 0.2) is 24.3 Å². The van der Waals surface area contributed by atoms with E-state index in [1.54, 1.807) is 0 Å². The fraction of sp³-hybridized carbons (Fsp3) is 0.611. The van der Waals surface area contributed by atoms with E-state index >= 15 is 0 Å². The van der Waals surface area contributed by atoms with Gasteiger partial charge in [-0.05, 0) is 56.8 Å². The first-order valence-corrected chi connectivity index (χ1v) is 8.78. The van der Waals surface area contributed by atoms with Crippen LogP contribution < -0.4 is 5.32 Å². The van der Waals surface area contributed by atoms with Crippen molar-refractivity contribution in [3.05, 3.63) is 34.9 Å². The van der Waals surface area contributed by atoms with Gasteiger partial charge in [0, 0.05) is 24.2 Å². The number of hydrogen-bond donors (Lipinski definition) is 1. The van der Waals surface area contributed by atoms with E-state index in [0.717, 1.165) is 36.5 Å². The van der Waals surface area contributed by atoms with Gasteiger partial charge in [-0.15, -0.1) is 0 Å². The van der Waals surface area contributed by atoms with Crippen molar-refractivity contribution in [1.29, 1.82) is 0 Å². The summed E-state index contributed by atoms with van der Waals surface area (Å²) in [5.74, 6) is 0.180. The van der Waals surface area contributed by atoms with E-state index in [1.165, 1.54) is 25.8 Å². The van der Waals surface area contributed by atoms with E-state index in [1.807, 2.05) is 24.3 Å². The van der Waals surface area contributed by atoms with Crippen LogP contribution in [0.4, 0.5) is 0 Å². The first-order chi connectivity index (χ1) is 10.6. The molecule has 1 heterocycles. The number of halogens is 1. The molecule has 0 radical (unpaired) electrons. The SMILES string of the molecule is C[C@H]1CCCCN1CCNC(=O)C1(c2ccc(Cl)cc2)CC1. The standard InChI is InChI=1S/C18H25ClN2O/c1-14-4-2-3-12-21(14)13-11-20-17(22)18(9-10-18)15-5-7-16(19)8-6-15/h5-8,14H,2-4,9-13H2,1H3,(H,20,22)/t14-/m0/s1. The number of rotatable bonds is 5. The molecule has 3 rings (SSSR count). The first kappa shape index (κ1) is 15.8. The molecule has 1 aromatic carbocycles. The number of carbonyl (C=O) groups is 1. The van der Waals surface area contributed by atoms with Crippen molar-refractivity contribution in [1.82, 2.24) is 10.2 Å². The minimum Gasteiger partial charge on any atom is -0.354 e. The Labute approximate surface area is 138 Å². The summed E-state index contributed by atoms with van der Waals surface area (Å²) in [7, 11) is 0. The highest BCUT2D eigenvalue weighted by atomic mass is 35.5. The minimum atomic E-state index is -0.294. The monoisotopic (exact) mass is 320 g/mol. The van der Waals surface area contributed by atoms with Gasteiger partial charge in [0.1, 0.15) is 0 Å². The summed E-state index contributed by atoms with van der Waals surface area (Å²) in [6, 6.07) is 8.37. The molecule has 1 aliphatic carbocycles. The van der Waals surface area contributed by atoms with Gasteiger partial charge in [0.2, 0.25) is 5.91 Å². The predicted octanol–water partition coefficient (Wildman–Crippen LogP) is 3.36. The Morgan fingerprint density at radius 2 is 2.05 bits per heavy atom. The second kappa shape index (κ2) is 6.59. The number of piperidine rings is 1. The lowest BCUT2D eigenvalue weighted by atomic mass is 9.95. The smallest absolute Gasteiger partial charge is 0.230 e. The van der Waals surface area contributed by atoms with Crippen LogP contribution in [0.2, 0.25) is 5.02 Å². The molecule has 1 N–H and O–H groups in total. The van der Waals surface area contributed by atoms with Crippen LogP contribution in [0.5, 0.6) is 0 Å². The summed E-state index contributed by atoms with van der Waals surface area (Å²) in [6.07, 6.45) is 5.79. The zero-order chi connectivity index (χ0) is 15.6. The quantitative estimate of drug-likeness (QED) is 0.902. The average Bonchev–Trinajstić information content (AvgIpc) is 3.31. The van der Waals surface area contributed by atoms with Crippen molar-refractivity contribution >= 4 is 17.5 Å². The van der Waals surface area contributed by atoms with Gasteiger partial charge in [-0.3, -0.25) is 9.69 Å². The van der Waals surface area contributed by atoms with Crippen LogP contribution in [0.25, 0.3) is 0 Å². The summed E-state index contributed by atoms with van der Waals surface area (Å²) >= 11 is 5.94. The molecule has 1 saturated heterocycles. The molecular formula is C18H25ClN2O. The van der Waals surface area contributed by atoms with Crippen LogP contribution in [0.1, 0.15) is 44.6 Å². The zero-order valence-electron chi connectivity index (χ0n) is 13.3. The molecule has 120 valence electrons. The van der Waals surface area contributed by atoms with Crippen LogP contribution in [0, 0.1) is 0 Å². The number of benzene rings is 1. The normalized spacial score (nSPS) is 24.0. The van der Waals surface area contributed by atoms with Gasteiger partial charge in [0.15, 0.2) is 0 Å². The lowest BCUT2D eigenvalue weighted by molar-refractivity contribution is -0.123. The maximum absolute atomic E-state index is 12.6. The van der Waals surface area contributed by atoms with Crippen LogP contribution in [-0.4, -0.2) is 36.5 Å². The van der Waals surface area contributed by atoms with Crippen molar-refractivity contribution in [2.24, 2.45) is 0 Å². The lowest BCUT2D eigenvalue weighted by Crippen LogP contribution is -2.44. The topological polar surface area (TPSA) is 32.3 Å². The molecule has 4 heteroatoms. The van der Waals surface area contributed by atoms with Crippen LogP contribution in [-0.2, 0) is 10.2 Å². The number of nitrogens with zero attached hydrogens (tertiary/aromatic N) is 1. The summed E-state index contributed by atoms with van der Waals surface area (Å²) in [6.45, 7) is 5.17. The number of carbonyl (C=O) groups excluding carboxylic acids is 1. The number of hydrogen-bond acceptors (Lipinski definition) is 2. The Hall–Kier alpha value is -1.06. The van der Waals surface area contributed by atoms with Gasteiger partial charge in [-0.1, -0.05) is 30.2 Å². The van der Waals surface area contributed by atoms with Crippen molar-refractivity contribution in [3.8, 4) is 0 Å². The molecule has 0 spiro atoms. The lowest BCUT2D eigenvalue weighted by Gasteiger charge is -2.33. The molecule has 22 heavy (non-hydrogen) atoms. The summed E-state index contributed by atoms with van der Waals surface area (Å²) < 4.78 is 0. The summed E-state index contributed by atoms with van der Waals surface area (Å²) in [5.41, 5.74) is 0.804. The van der Waals surface area contributed by atoms with E-state index < -0.39 is 0 Å². The third kappa shape index (κ3) is 3.31. The van der Waals surface area contributed by atoms with E-state index in [-0.39, 0.29) is 11.3 Å². The second-order valence-corrected chi connectivity index (χ2v) is 7.16. The van der Waals surface area contributed by atoms with Crippen LogP contribution >= 0.6 is 11.6 Å². The highest BCUT2D eigenvalue weighted by Crippen LogP contribution is 2.48. The highest BCUT2D eigenvalue weighted by molar-refractivity contribution is 6.30. The molecule has 2 fully saturated rings. The number of nitrogens with one attached hydrogen (secondary N) is 1. The fourth-order valence-electron chi connectivity index (χ4n) is 3.51. The van der Waals surface area contributed by atoms with E-state index in [0.29, 0.717) is 6.04 Å². The molecule has 1 amide bonds. The van der Waals surface area contributed by atoms with Crippen LogP contribution in [0.3, 0.4) is 0 Å². The fourth-order valence-corrected chi connectivity index (χ4v) is 3.64. The molecule has 0 aromatic heterocycles. The second-order valence-electron chi connectivity index (χ2n) is 6.73. The minimum absolute atomic E-state index is 0.180. The maximum Gasteiger partial charge on any atom is 0.230 e. The predicted molar refractivity (Wildman–Crippen MR) is 90.3 cm³/mol. The number of likely N-dealkylation sites (tertiary alicyclic amines) is 1. The third-order valence-corrected chi connectivity index (χ3v) is 5.46. The van der Waals surface area contributed by atoms with Gasteiger partial charge in [-0.25, -0.2) is 0 Å². The van der Waals surface area contributed by atoms with E-state index in [9.17, 15) is 4.79 Å². The summed E-state index contributed by atoms with van der Waals surface area (Å²) in [4.78, 5) is 15.1. The van der Waals surface area contributed by atoms with Gasteiger partial charge in [-0.2, -0.15) is 0 Å². The van der Waals surface area contributed by atoms with Gasteiger partial charge >= 0.3 is 0 Å². The van der Waals surface area contributed by atoms with Gasteiger partial charge < -0.3 is 5.32 Å². The Bertz CT molecular complexity index is 524. The van der Waals surface area contributed by atoms with Gasteiger partial charge in [0.25, 0.3) is 0 Å². The zero-order valence-corrected chi connectivity index (χ0v) is 14.0. The molecule has 3 nitrogen and oxygen atoms in total. The molecule has 1 aromatic rings. The first-order valence-electron chi connectivity index (χ1n) is 8.40. The third-order valence-electron chi connectivity index (χ3n) is 5.21. The molecule has 0 bridgehead atoms. The summed E-state index contributed by atoms with van der Waals surface area (Å²) in [5, 5.41) is 3.87. The van der Waals surface area contributed by atoms with E-state index in [4.69, 9.17) is 11.6 Å². The Kier molecular flexibility index (Phi) is 4.74. The Morgan fingerprint density at radius 3 is 2.68 bits per heavy atom. The molecule has 1 atom stereocenters. The molecule has 1 saturated carbocycles.